The van der Waals surface area contributed by atoms with Gasteiger partial charge in [0.25, 0.3) is 0 Å². The normalized spacial score (nSPS) is 21.8. The van der Waals surface area contributed by atoms with E-state index >= 15 is 0 Å². The molecule has 0 spiro atoms. The molecular weight excluding hydrogens is 230 g/mol. The van der Waals surface area contributed by atoms with Gasteiger partial charge in [-0.1, -0.05) is 13.0 Å². The lowest BCUT2D eigenvalue weighted by atomic mass is 10.0. The molecule has 1 aromatic rings. The summed E-state index contributed by atoms with van der Waals surface area (Å²) in [6.07, 6.45) is 6.48. The topological polar surface area (TPSA) is 21.3 Å². The summed E-state index contributed by atoms with van der Waals surface area (Å²) in [5.74, 6) is 0. The Hall–Kier alpha value is -0.380. The van der Waals surface area contributed by atoms with E-state index in [4.69, 9.17) is 4.74 Å². The van der Waals surface area contributed by atoms with Crippen LogP contribution in [0.25, 0.3) is 0 Å². The Bertz CT molecular complexity index is 293. The van der Waals surface area contributed by atoms with Crippen LogP contribution in [0.1, 0.15) is 37.5 Å². The Kier molecular flexibility index (Phi) is 5.49. The molecule has 1 fully saturated rings. The Morgan fingerprint density at radius 2 is 2.53 bits per heavy atom. The summed E-state index contributed by atoms with van der Waals surface area (Å²) in [4.78, 5) is 1.49. The van der Waals surface area contributed by atoms with Crippen LogP contribution < -0.4 is 5.32 Å². The fourth-order valence-electron chi connectivity index (χ4n) is 2.42. The SMILES string of the molecule is CCCNC(CCc1cccs1)C1CCCO1. The lowest BCUT2D eigenvalue weighted by molar-refractivity contribution is 0.0758. The molecule has 1 aliphatic heterocycles. The van der Waals surface area contributed by atoms with E-state index < -0.39 is 0 Å². The van der Waals surface area contributed by atoms with Crippen LogP contribution in [-0.4, -0.2) is 25.3 Å². The molecule has 0 aromatic carbocycles. The van der Waals surface area contributed by atoms with Gasteiger partial charge in [-0.3, -0.25) is 0 Å². The summed E-state index contributed by atoms with van der Waals surface area (Å²) in [5, 5.41) is 5.82. The lowest BCUT2D eigenvalue weighted by Crippen LogP contribution is -2.40. The zero-order chi connectivity index (χ0) is 11.9. The molecule has 0 bridgehead atoms. The minimum absolute atomic E-state index is 0.446. The molecule has 2 unspecified atom stereocenters. The van der Waals surface area contributed by atoms with E-state index in [1.54, 1.807) is 0 Å². The van der Waals surface area contributed by atoms with Crippen LogP contribution in [0.15, 0.2) is 17.5 Å². The van der Waals surface area contributed by atoms with E-state index in [0.717, 1.165) is 13.2 Å². The summed E-state index contributed by atoms with van der Waals surface area (Å²) in [7, 11) is 0. The van der Waals surface area contributed by atoms with Crippen molar-refractivity contribution in [1.29, 1.82) is 0 Å². The molecule has 2 rings (SSSR count). The van der Waals surface area contributed by atoms with Gasteiger partial charge in [0, 0.05) is 17.5 Å². The van der Waals surface area contributed by atoms with Crippen molar-refractivity contribution >= 4 is 11.3 Å². The van der Waals surface area contributed by atoms with Gasteiger partial charge in [-0.2, -0.15) is 0 Å². The van der Waals surface area contributed by atoms with E-state index in [9.17, 15) is 0 Å². The summed E-state index contributed by atoms with van der Waals surface area (Å²) in [6, 6.07) is 4.91. The second kappa shape index (κ2) is 7.14. The van der Waals surface area contributed by atoms with Gasteiger partial charge in [0.1, 0.15) is 0 Å². The third-order valence-electron chi connectivity index (χ3n) is 3.35. The first-order chi connectivity index (χ1) is 8.40. The number of rotatable bonds is 7. The molecule has 2 heterocycles. The third-order valence-corrected chi connectivity index (χ3v) is 4.29. The fourth-order valence-corrected chi connectivity index (χ4v) is 3.15. The van der Waals surface area contributed by atoms with Crippen molar-refractivity contribution in [3.8, 4) is 0 Å². The molecule has 96 valence electrons. The Morgan fingerprint density at radius 3 is 3.18 bits per heavy atom. The summed E-state index contributed by atoms with van der Waals surface area (Å²) < 4.78 is 5.82. The van der Waals surface area contributed by atoms with Crippen LogP contribution in [0.5, 0.6) is 0 Å². The average Bonchev–Trinajstić information content (AvgIpc) is 3.01. The predicted molar refractivity (Wildman–Crippen MR) is 73.7 cm³/mol. The second-order valence-electron chi connectivity index (χ2n) is 4.73. The van der Waals surface area contributed by atoms with Gasteiger partial charge in [-0.15, -0.1) is 11.3 Å². The van der Waals surface area contributed by atoms with Gasteiger partial charge in [0.2, 0.25) is 0 Å². The van der Waals surface area contributed by atoms with Crippen LogP contribution in [0, 0.1) is 0 Å². The molecule has 3 heteroatoms. The van der Waals surface area contributed by atoms with E-state index in [1.165, 1.54) is 37.0 Å². The van der Waals surface area contributed by atoms with Gasteiger partial charge < -0.3 is 10.1 Å². The summed E-state index contributed by atoms with van der Waals surface area (Å²) >= 11 is 1.86. The number of ether oxygens (including phenoxy) is 1. The van der Waals surface area contributed by atoms with Crippen molar-refractivity contribution in [2.75, 3.05) is 13.2 Å². The predicted octanol–water partition coefficient (Wildman–Crippen LogP) is 3.23. The molecule has 0 radical (unpaired) electrons. The number of aryl methyl sites for hydroxylation is 1. The zero-order valence-corrected chi connectivity index (χ0v) is 11.5. The maximum absolute atomic E-state index is 5.82. The summed E-state index contributed by atoms with van der Waals surface area (Å²) in [5.41, 5.74) is 0. The monoisotopic (exact) mass is 253 g/mol. The molecule has 0 aliphatic carbocycles. The smallest absolute Gasteiger partial charge is 0.0728 e. The standard InChI is InChI=1S/C14H23NOS/c1-2-9-15-13(14-6-3-10-16-14)8-7-12-5-4-11-17-12/h4-5,11,13-15H,2-3,6-10H2,1H3. The van der Waals surface area contributed by atoms with Crippen LogP contribution in [0.4, 0.5) is 0 Å². The van der Waals surface area contributed by atoms with Crippen LogP contribution in [-0.2, 0) is 11.2 Å². The first-order valence-corrected chi connectivity index (χ1v) is 7.65. The molecule has 1 aliphatic rings. The minimum Gasteiger partial charge on any atom is -0.377 e. The van der Waals surface area contributed by atoms with E-state index in [2.05, 4.69) is 29.8 Å². The number of thiophene rings is 1. The minimum atomic E-state index is 0.446. The maximum Gasteiger partial charge on any atom is 0.0728 e. The highest BCUT2D eigenvalue weighted by Gasteiger charge is 2.25. The molecule has 2 atom stereocenters. The van der Waals surface area contributed by atoms with Gasteiger partial charge in [-0.05, 0) is 50.1 Å². The van der Waals surface area contributed by atoms with Crippen molar-refractivity contribution < 1.29 is 4.74 Å². The fraction of sp³-hybridized carbons (Fsp3) is 0.714. The molecule has 1 aromatic heterocycles. The molecule has 17 heavy (non-hydrogen) atoms. The van der Waals surface area contributed by atoms with Crippen LogP contribution in [0.2, 0.25) is 0 Å². The Labute approximate surface area is 108 Å². The molecule has 0 saturated carbocycles. The van der Waals surface area contributed by atoms with Crippen molar-refractivity contribution in [2.24, 2.45) is 0 Å². The van der Waals surface area contributed by atoms with Crippen molar-refractivity contribution in [3.05, 3.63) is 22.4 Å². The van der Waals surface area contributed by atoms with E-state index in [1.807, 2.05) is 11.3 Å². The number of hydrogen-bond acceptors (Lipinski definition) is 3. The third kappa shape index (κ3) is 4.09. The molecule has 0 amide bonds. The van der Waals surface area contributed by atoms with Crippen molar-refractivity contribution in [1.82, 2.24) is 5.32 Å². The van der Waals surface area contributed by atoms with Gasteiger partial charge >= 0.3 is 0 Å². The van der Waals surface area contributed by atoms with E-state index in [0.29, 0.717) is 12.1 Å². The van der Waals surface area contributed by atoms with Gasteiger partial charge in [0.05, 0.1) is 6.10 Å². The van der Waals surface area contributed by atoms with E-state index in [-0.39, 0.29) is 0 Å². The second-order valence-corrected chi connectivity index (χ2v) is 5.76. The Morgan fingerprint density at radius 1 is 1.59 bits per heavy atom. The van der Waals surface area contributed by atoms with Crippen molar-refractivity contribution in [2.45, 2.75) is 51.2 Å². The highest BCUT2D eigenvalue weighted by atomic mass is 32.1. The van der Waals surface area contributed by atoms with Gasteiger partial charge in [-0.25, -0.2) is 0 Å². The first-order valence-electron chi connectivity index (χ1n) is 6.77. The van der Waals surface area contributed by atoms with Crippen LogP contribution in [0.3, 0.4) is 0 Å². The largest absolute Gasteiger partial charge is 0.377 e. The quantitative estimate of drug-likeness (QED) is 0.805. The Balaban J connectivity index is 1.81. The van der Waals surface area contributed by atoms with Crippen molar-refractivity contribution in [3.63, 3.8) is 0 Å². The average molecular weight is 253 g/mol. The molecular formula is C14H23NOS. The highest BCUT2D eigenvalue weighted by molar-refractivity contribution is 7.09. The zero-order valence-electron chi connectivity index (χ0n) is 10.7. The maximum atomic E-state index is 5.82. The first kappa shape index (κ1) is 13.1. The lowest BCUT2D eigenvalue weighted by Gasteiger charge is -2.24. The number of hydrogen-bond donors (Lipinski definition) is 1. The summed E-state index contributed by atoms with van der Waals surface area (Å²) in [6.45, 7) is 4.28. The number of nitrogens with one attached hydrogen (secondary N) is 1. The highest BCUT2D eigenvalue weighted by Crippen LogP contribution is 2.20. The molecule has 1 saturated heterocycles. The van der Waals surface area contributed by atoms with Gasteiger partial charge in [0.15, 0.2) is 0 Å². The van der Waals surface area contributed by atoms with Crippen LogP contribution >= 0.6 is 11.3 Å². The molecule has 1 N–H and O–H groups in total. The molecule has 2 nitrogen and oxygen atoms in total.